The first-order chi connectivity index (χ1) is 13.7. The second kappa shape index (κ2) is 9.66. The van der Waals surface area contributed by atoms with Crippen molar-refractivity contribution in [3.05, 3.63) is 47.5 Å². The summed E-state index contributed by atoms with van der Waals surface area (Å²) in [5.41, 5.74) is 2.37. The minimum absolute atomic E-state index is 0.783. The number of benzene rings is 2. The molecular weight excluding hydrogens is 356 g/mol. The van der Waals surface area contributed by atoms with Crippen LogP contribution in [0.25, 0.3) is 0 Å². The highest BCUT2D eigenvalue weighted by Gasteiger charge is 2.20. The molecule has 1 aliphatic heterocycles. The van der Waals surface area contributed by atoms with E-state index >= 15 is 0 Å². The van der Waals surface area contributed by atoms with Crippen LogP contribution in [0.15, 0.2) is 36.4 Å². The van der Waals surface area contributed by atoms with Crippen LogP contribution in [-0.2, 0) is 13.1 Å². The van der Waals surface area contributed by atoms with Gasteiger partial charge in [0.2, 0.25) is 0 Å². The number of hydrogen-bond donors (Lipinski definition) is 0. The molecule has 0 saturated carbocycles. The van der Waals surface area contributed by atoms with Gasteiger partial charge < -0.3 is 18.9 Å². The van der Waals surface area contributed by atoms with Crippen molar-refractivity contribution in [2.45, 2.75) is 13.1 Å². The fraction of sp³-hybridized carbons (Fsp3) is 0.455. The number of para-hydroxylation sites is 1. The van der Waals surface area contributed by atoms with Crippen molar-refractivity contribution < 1.29 is 18.9 Å². The number of methoxy groups -OCH3 is 4. The number of nitrogens with zero attached hydrogens (tertiary/aromatic N) is 2. The number of piperazine rings is 1. The van der Waals surface area contributed by atoms with Crippen molar-refractivity contribution in [1.82, 2.24) is 9.80 Å². The fourth-order valence-electron chi connectivity index (χ4n) is 3.64. The van der Waals surface area contributed by atoms with E-state index in [0.29, 0.717) is 0 Å². The molecule has 0 amide bonds. The molecule has 0 bridgehead atoms. The second-order valence-electron chi connectivity index (χ2n) is 6.93. The molecule has 0 aromatic heterocycles. The molecule has 1 fully saturated rings. The predicted molar refractivity (Wildman–Crippen MR) is 110 cm³/mol. The average molecular weight is 386 g/mol. The predicted octanol–water partition coefficient (Wildman–Crippen LogP) is 3.04. The molecule has 1 heterocycles. The minimum Gasteiger partial charge on any atom is -0.497 e. The highest BCUT2D eigenvalue weighted by atomic mass is 16.5. The summed E-state index contributed by atoms with van der Waals surface area (Å²) in [4.78, 5) is 4.92. The Labute approximate surface area is 167 Å². The highest BCUT2D eigenvalue weighted by Crippen LogP contribution is 2.31. The van der Waals surface area contributed by atoms with Gasteiger partial charge in [-0.15, -0.1) is 0 Å². The largest absolute Gasteiger partial charge is 0.497 e. The molecule has 1 aliphatic rings. The number of hydrogen-bond acceptors (Lipinski definition) is 6. The van der Waals surface area contributed by atoms with Gasteiger partial charge in [-0.3, -0.25) is 9.80 Å². The molecule has 0 aliphatic carbocycles. The molecule has 6 heteroatoms. The van der Waals surface area contributed by atoms with E-state index < -0.39 is 0 Å². The Morgan fingerprint density at radius 3 is 1.86 bits per heavy atom. The van der Waals surface area contributed by atoms with Crippen molar-refractivity contribution in [1.29, 1.82) is 0 Å². The van der Waals surface area contributed by atoms with Crippen LogP contribution >= 0.6 is 0 Å². The zero-order chi connectivity index (χ0) is 19.9. The van der Waals surface area contributed by atoms with Crippen LogP contribution in [0, 0.1) is 0 Å². The zero-order valence-electron chi connectivity index (χ0n) is 17.2. The molecular formula is C22H30N2O4. The first kappa shape index (κ1) is 20.3. The van der Waals surface area contributed by atoms with Crippen molar-refractivity contribution >= 4 is 0 Å². The average Bonchev–Trinajstić information content (AvgIpc) is 2.74. The second-order valence-corrected chi connectivity index (χ2v) is 6.93. The third-order valence-corrected chi connectivity index (χ3v) is 5.16. The Balaban J connectivity index is 1.58. The van der Waals surface area contributed by atoms with Crippen molar-refractivity contribution in [2.24, 2.45) is 0 Å². The van der Waals surface area contributed by atoms with E-state index in [1.807, 2.05) is 18.2 Å². The van der Waals surface area contributed by atoms with E-state index in [2.05, 4.69) is 28.0 Å². The topological polar surface area (TPSA) is 43.4 Å². The monoisotopic (exact) mass is 386 g/mol. The summed E-state index contributed by atoms with van der Waals surface area (Å²) >= 11 is 0. The first-order valence-corrected chi connectivity index (χ1v) is 9.53. The normalized spacial score (nSPS) is 15.3. The summed E-state index contributed by atoms with van der Waals surface area (Å²) in [5.74, 6) is 3.28. The van der Waals surface area contributed by atoms with Gasteiger partial charge in [-0.1, -0.05) is 12.1 Å². The van der Waals surface area contributed by atoms with Crippen molar-refractivity contribution in [3.8, 4) is 23.0 Å². The van der Waals surface area contributed by atoms with Crippen LogP contribution in [-0.4, -0.2) is 64.4 Å². The summed E-state index contributed by atoms with van der Waals surface area (Å²) in [5, 5.41) is 0. The lowest BCUT2D eigenvalue weighted by atomic mass is 10.1. The van der Waals surface area contributed by atoms with Crippen LogP contribution in [0.4, 0.5) is 0 Å². The third kappa shape index (κ3) is 4.88. The van der Waals surface area contributed by atoms with Crippen molar-refractivity contribution in [2.75, 3.05) is 54.6 Å². The van der Waals surface area contributed by atoms with Gasteiger partial charge in [-0.2, -0.15) is 0 Å². The summed E-state index contributed by atoms with van der Waals surface area (Å²) in [6, 6.07) is 12.1. The first-order valence-electron chi connectivity index (χ1n) is 9.53. The number of ether oxygens (including phenoxy) is 4. The highest BCUT2D eigenvalue weighted by molar-refractivity contribution is 5.46. The SMILES string of the molecule is COc1cc(CN2CCN(Cc3cccc(OC)c3OC)CC2)cc(OC)c1. The summed E-state index contributed by atoms with van der Waals surface area (Å²) in [6.45, 7) is 5.83. The van der Waals surface area contributed by atoms with Gasteiger partial charge in [0.05, 0.1) is 28.4 Å². The van der Waals surface area contributed by atoms with Gasteiger partial charge in [-0.05, 0) is 23.8 Å². The van der Waals surface area contributed by atoms with Crippen LogP contribution in [0.3, 0.4) is 0 Å². The van der Waals surface area contributed by atoms with E-state index in [-0.39, 0.29) is 0 Å². The van der Waals surface area contributed by atoms with E-state index in [4.69, 9.17) is 18.9 Å². The minimum atomic E-state index is 0.783. The summed E-state index contributed by atoms with van der Waals surface area (Å²) in [6.07, 6.45) is 0. The lowest BCUT2D eigenvalue weighted by Crippen LogP contribution is -2.45. The Morgan fingerprint density at radius 1 is 0.714 bits per heavy atom. The lowest BCUT2D eigenvalue weighted by molar-refractivity contribution is 0.121. The zero-order valence-corrected chi connectivity index (χ0v) is 17.2. The van der Waals surface area contributed by atoms with Crippen LogP contribution in [0.5, 0.6) is 23.0 Å². The van der Waals surface area contributed by atoms with Gasteiger partial charge in [0.25, 0.3) is 0 Å². The molecule has 0 spiro atoms. The molecule has 28 heavy (non-hydrogen) atoms. The molecule has 1 saturated heterocycles. The summed E-state index contributed by atoms with van der Waals surface area (Å²) in [7, 11) is 6.74. The van der Waals surface area contributed by atoms with Crippen LogP contribution < -0.4 is 18.9 Å². The van der Waals surface area contributed by atoms with Gasteiger partial charge in [0, 0.05) is 50.9 Å². The lowest BCUT2D eigenvalue weighted by Gasteiger charge is -2.35. The fourth-order valence-corrected chi connectivity index (χ4v) is 3.64. The quantitative estimate of drug-likeness (QED) is 0.695. The van der Waals surface area contributed by atoms with Crippen molar-refractivity contribution in [3.63, 3.8) is 0 Å². The molecule has 0 N–H and O–H groups in total. The molecule has 0 unspecified atom stereocenters. The number of rotatable bonds is 8. The maximum absolute atomic E-state index is 5.57. The molecule has 2 aromatic carbocycles. The van der Waals surface area contributed by atoms with Gasteiger partial charge >= 0.3 is 0 Å². The Morgan fingerprint density at radius 2 is 1.32 bits per heavy atom. The molecule has 3 rings (SSSR count). The van der Waals surface area contributed by atoms with Gasteiger partial charge in [0.15, 0.2) is 11.5 Å². The molecule has 6 nitrogen and oxygen atoms in total. The Kier molecular flexibility index (Phi) is 7.01. The summed E-state index contributed by atoms with van der Waals surface area (Å²) < 4.78 is 21.7. The molecule has 0 radical (unpaired) electrons. The van der Waals surface area contributed by atoms with E-state index in [1.165, 1.54) is 5.56 Å². The van der Waals surface area contributed by atoms with Crippen LogP contribution in [0.2, 0.25) is 0 Å². The van der Waals surface area contributed by atoms with Crippen LogP contribution in [0.1, 0.15) is 11.1 Å². The maximum Gasteiger partial charge on any atom is 0.165 e. The third-order valence-electron chi connectivity index (χ3n) is 5.16. The molecule has 0 atom stereocenters. The Hall–Kier alpha value is -2.44. The van der Waals surface area contributed by atoms with Gasteiger partial charge in [-0.25, -0.2) is 0 Å². The molecule has 2 aromatic rings. The van der Waals surface area contributed by atoms with Gasteiger partial charge in [0.1, 0.15) is 11.5 Å². The Bertz CT molecular complexity index is 751. The standard InChI is InChI=1S/C22H30N2O4/c1-25-19-12-17(13-20(14-19)26-2)15-23-8-10-24(11-9-23)16-18-6-5-7-21(27-3)22(18)28-4/h5-7,12-14H,8-11,15-16H2,1-4H3. The molecule has 152 valence electrons. The van der Waals surface area contributed by atoms with E-state index in [1.54, 1.807) is 28.4 Å². The van der Waals surface area contributed by atoms with E-state index in [0.717, 1.165) is 67.8 Å². The maximum atomic E-state index is 5.57. The smallest absolute Gasteiger partial charge is 0.165 e. The van der Waals surface area contributed by atoms with E-state index in [9.17, 15) is 0 Å².